The molecule has 0 amide bonds. The quantitative estimate of drug-likeness (QED) is 0.913. The Hall–Kier alpha value is -0.390. The highest BCUT2D eigenvalue weighted by Gasteiger charge is 2.03. The maximum Gasteiger partial charge on any atom is 0.110 e. The van der Waals surface area contributed by atoms with E-state index in [2.05, 4.69) is 25.0 Å². The van der Waals surface area contributed by atoms with Gasteiger partial charge < -0.3 is 0 Å². The van der Waals surface area contributed by atoms with Gasteiger partial charge in [-0.25, -0.2) is 8.93 Å². The van der Waals surface area contributed by atoms with E-state index in [1.54, 1.807) is 6.26 Å². The fourth-order valence-corrected chi connectivity index (χ4v) is 2.88. The molecule has 0 fully saturated rings. The highest BCUT2D eigenvalue weighted by atomic mass is 79.9. The lowest BCUT2D eigenvalue weighted by molar-refractivity contribution is 0.653. The lowest BCUT2D eigenvalue weighted by Crippen LogP contribution is -2.28. The first-order chi connectivity index (χ1) is 6.89. The largest absolute Gasteiger partial charge is 0.234 e. The highest BCUT2D eigenvalue weighted by molar-refractivity contribution is 9.10. The average Bonchev–Trinajstić information content (AvgIpc) is 2.06. The molecule has 1 aromatic rings. The third kappa shape index (κ3) is 4.77. The molecule has 0 saturated heterocycles. The van der Waals surface area contributed by atoms with Crippen molar-refractivity contribution in [2.45, 2.75) is 19.9 Å². The summed E-state index contributed by atoms with van der Waals surface area (Å²) in [5, 5.41) is 0. The van der Waals surface area contributed by atoms with Gasteiger partial charge in [-0.3, -0.25) is 0 Å². The second-order valence-electron chi connectivity index (χ2n) is 3.64. The van der Waals surface area contributed by atoms with Gasteiger partial charge in [0.25, 0.3) is 0 Å². The number of nitrogens with zero attached hydrogens (tertiary/aromatic N) is 1. The predicted octanol–water partition coefficient (Wildman–Crippen LogP) is 3.09. The molecular formula is C10H15BrN2OS. The summed E-state index contributed by atoms with van der Waals surface area (Å²) >= 11 is 3.34. The van der Waals surface area contributed by atoms with Crippen LogP contribution in [0.2, 0.25) is 0 Å². The second kappa shape index (κ2) is 5.09. The van der Waals surface area contributed by atoms with E-state index in [9.17, 15) is 4.21 Å². The van der Waals surface area contributed by atoms with Crippen molar-refractivity contribution in [3.05, 3.63) is 28.7 Å². The fourth-order valence-electron chi connectivity index (χ4n) is 1.17. The van der Waals surface area contributed by atoms with Gasteiger partial charge in [0.2, 0.25) is 0 Å². The zero-order valence-corrected chi connectivity index (χ0v) is 11.4. The molecule has 0 bridgehead atoms. The van der Waals surface area contributed by atoms with Crippen molar-refractivity contribution in [2.24, 2.45) is 4.36 Å². The van der Waals surface area contributed by atoms with E-state index in [4.69, 9.17) is 0 Å². The van der Waals surface area contributed by atoms with E-state index in [-0.39, 0.29) is 6.04 Å². The molecule has 0 saturated carbocycles. The maximum atomic E-state index is 12.0. The van der Waals surface area contributed by atoms with Crippen molar-refractivity contribution in [3.63, 3.8) is 0 Å². The van der Waals surface area contributed by atoms with Crippen LogP contribution in [-0.2, 0) is 9.92 Å². The van der Waals surface area contributed by atoms with Crippen molar-refractivity contribution >= 4 is 31.5 Å². The first kappa shape index (κ1) is 12.7. The van der Waals surface area contributed by atoms with Crippen LogP contribution >= 0.6 is 15.9 Å². The molecule has 1 N–H and O–H groups in total. The lowest BCUT2D eigenvalue weighted by Gasteiger charge is -2.09. The number of hydrogen-bond donors (Lipinski definition) is 1. The summed E-state index contributed by atoms with van der Waals surface area (Å²) in [5.74, 6) is 0. The standard InChI is InChI=1S/C10H15BrN2OS/c1-8(2)12-15(3,14)13-10-6-4-9(11)5-7-10/h4-8H,1-3H3,(H,12,13,14). The minimum absolute atomic E-state index is 0.154. The molecule has 0 aliphatic carbocycles. The zero-order valence-electron chi connectivity index (χ0n) is 9.03. The minimum Gasteiger partial charge on any atom is -0.234 e. The van der Waals surface area contributed by atoms with E-state index in [0.717, 1.165) is 10.2 Å². The number of halogens is 1. The van der Waals surface area contributed by atoms with Crippen LogP contribution in [0.4, 0.5) is 5.69 Å². The summed E-state index contributed by atoms with van der Waals surface area (Å²) in [7, 11) is -2.34. The third-order valence-corrected chi connectivity index (χ3v) is 3.56. The Bertz CT molecular complexity index is 433. The molecule has 0 heterocycles. The van der Waals surface area contributed by atoms with E-state index >= 15 is 0 Å². The van der Waals surface area contributed by atoms with Gasteiger partial charge in [0.1, 0.15) is 9.92 Å². The molecule has 1 rings (SSSR count). The van der Waals surface area contributed by atoms with Crippen LogP contribution in [0.25, 0.3) is 0 Å². The molecule has 1 unspecified atom stereocenters. The Morgan fingerprint density at radius 1 is 1.33 bits per heavy atom. The molecule has 15 heavy (non-hydrogen) atoms. The fraction of sp³-hybridized carbons (Fsp3) is 0.400. The molecule has 1 atom stereocenters. The van der Waals surface area contributed by atoms with Gasteiger partial charge in [-0.15, -0.1) is 0 Å². The van der Waals surface area contributed by atoms with E-state index in [0.29, 0.717) is 0 Å². The van der Waals surface area contributed by atoms with Crippen LogP contribution in [0.1, 0.15) is 13.8 Å². The SMILES string of the molecule is CC(C)NS(C)(=O)=Nc1ccc(Br)cc1. The van der Waals surface area contributed by atoms with Crippen molar-refractivity contribution < 1.29 is 4.21 Å². The van der Waals surface area contributed by atoms with Crippen molar-refractivity contribution in [2.75, 3.05) is 6.26 Å². The third-order valence-electron chi connectivity index (χ3n) is 1.56. The first-order valence-electron chi connectivity index (χ1n) is 4.64. The second-order valence-corrected chi connectivity index (χ2v) is 6.58. The predicted molar refractivity (Wildman–Crippen MR) is 68.6 cm³/mol. The molecule has 0 aliphatic rings. The summed E-state index contributed by atoms with van der Waals surface area (Å²) in [6.45, 7) is 3.89. The van der Waals surface area contributed by atoms with Gasteiger partial charge >= 0.3 is 0 Å². The van der Waals surface area contributed by atoms with E-state index in [1.807, 2.05) is 38.1 Å². The van der Waals surface area contributed by atoms with Crippen LogP contribution in [0.3, 0.4) is 0 Å². The molecular weight excluding hydrogens is 276 g/mol. The van der Waals surface area contributed by atoms with Crippen molar-refractivity contribution in [3.8, 4) is 0 Å². The summed E-state index contributed by atoms with van der Waals surface area (Å²) in [6.07, 6.45) is 1.61. The van der Waals surface area contributed by atoms with Gasteiger partial charge in [0.05, 0.1) is 5.69 Å². The zero-order chi connectivity index (χ0) is 11.5. The molecule has 0 aromatic heterocycles. The number of benzene rings is 1. The van der Waals surface area contributed by atoms with Crippen LogP contribution in [0, 0.1) is 0 Å². The smallest absolute Gasteiger partial charge is 0.110 e. The number of nitrogens with one attached hydrogen (secondary N) is 1. The Labute approximate surface area is 99.7 Å². The minimum atomic E-state index is -2.34. The molecule has 1 aromatic carbocycles. The van der Waals surface area contributed by atoms with Crippen LogP contribution in [0.15, 0.2) is 33.1 Å². The lowest BCUT2D eigenvalue weighted by atomic mass is 10.3. The number of hydrogen-bond acceptors (Lipinski definition) is 2. The van der Waals surface area contributed by atoms with Gasteiger partial charge in [-0.1, -0.05) is 15.9 Å². The van der Waals surface area contributed by atoms with Gasteiger partial charge in [-0.2, -0.15) is 4.36 Å². The normalized spacial score (nSPS) is 15.0. The number of rotatable bonds is 3. The summed E-state index contributed by atoms with van der Waals surface area (Å²) < 4.78 is 20.0. The molecule has 3 nitrogen and oxygen atoms in total. The Balaban J connectivity index is 2.96. The van der Waals surface area contributed by atoms with Crippen molar-refractivity contribution in [1.29, 1.82) is 0 Å². The van der Waals surface area contributed by atoms with Crippen LogP contribution in [-0.4, -0.2) is 16.5 Å². The monoisotopic (exact) mass is 290 g/mol. The van der Waals surface area contributed by atoms with Crippen LogP contribution < -0.4 is 4.72 Å². The van der Waals surface area contributed by atoms with Crippen LogP contribution in [0.5, 0.6) is 0 Å². The van der Waals surface area contributed by atoms with E-state index < -0.39 is 9.92 Å². The highest BCUT2D eigenvalue weighted by Crippen LogP contribution is 2.17. The van der Waals surface area contributed by atoms with Gasteiger partial charge in [0.15, 0.2) is 0 Å². The van der Waals surface area contributed by atoms with Gasteiger partial charge in [-0.05, 0) is 38.1 Å². The summed E-state index contributed by atoms with van der Waals surface area (Å²) in [4.78, 5) is 0. The molecule has 0 aliphatic heterocycles. The Morgan fingerprint density at radius 3 is 2.33 bits per heavy atom. The van der Waals surface area contributed by atoms with E-state index in [1.165, 1.54) is 0 Å². The molecule has 0 radical (unpaired) electrons. The average molecular weight is 291 g/mol. The summed E-state index contributed by atoms with van der Waals surface area (Å²) in [5.41, 5.74) is 0.721. The maximum absolute atomic E-state index is 12.0. The van der Waals surface area contributed by atoms with Crippen molar-refractivity contribution in [1.82, 2.24) is 4.72 Å². The molecule has 0 spiro atoms. The molecule has 5 heteroatoms. The Kier molecular flexibility index (Phi) is 4.31. The topological polar surface area (TPSA) is 41.5 Å². The summed E-state index contributed by atoms with van der Waals surface area (Å²) in [6, 6.07) is 7.57. The van der Waals surface area contributed by atoms with Gasteiger partial charge in [0, 0.05) is 16.8 Å². The first-order valence-corrected chi connectivity index (χ1v) is 7.36. The Morgan fingerprint density at radius 2 is 1.87 bits per heavy atom. The molecule has 84 valence electrons.